The van der Waals surface area contributed by atoms with E-state index in [2.05, 4.69) is 22.6 Å². The van der Waals surface area contributed by atoms with E-state index in [9.17, 15) is 18.0 Å². The number of halogens is 5. The largest absolute Gasteiger partial charge is 0.416 e. The first-order valence-electron chi connectivity index (χ1n) is 6.97. The molecule has 0 aliphatic heterocycles. The SMILES string of the molecule is O=C(NS)c1cc(-n2cccc2)n(-c2c(Cl)cc(C(F)(F)F)cc2Cl)n1. The Morgan fingerprint density at radius 1 is 1.12 bits per heavy atom. The molecule has 2 heterocycles. The van der Waals surface area contributed by atoms with Crippen molar-refractivity contribution in [1.82, 2.24) is 19.1 Å². The van der Waals surface area contributed by atoms with Crippen LogP contribution in [0.25, 0.3) is 11.5 Å². The zero-order valence-electron chi connectivity index (χ0n) is 12.6. The van der Waals surface area contributed by atoms with Gasteiger partial charge in [-0.15, -0.1) is 0 Å². The van der Waals surface area contributed by atoms with E-state index >= 15 is 0 Å². The monoisotopic (exact) mass is 420 g/mol. The lowest BCUT2D eigenvalue weighted by atomic mass is 10.2. The van der Waals surface area contributed by atoms with Gasteiger partial charge in [0, 0.05) is 18.5 Å². The fourth-order valence-corrected chi connectivity index (χ4v) is 3.07. The maximum absolute atomic E-state index is 12.9. The third-order valence-electron chi connectivity index (χ3n) is 3.45. The molecule has 11 heteroatoms. The molecule has 0 fully saturated rings. The highest BCUT2D eigenvalue weighted by atomic mass is 35.5. The summed E-state index contributed by atoms with van der Waals surface area (Å²) >= 11 is 15.8. The number of thiol groups is 1. The Morgan fingerprint density at radius 3 is 2.19 bits per heavy atom. The summed E-state index contributed by atoms with van der Waals surface area (Å²) in [5.74, 6) is -0.245. The number of nitrogens with zero attached hydrogens (tertiary/aromatic N) is 3. The highest BCUT2D eigenvalue weighted by molar-refractivity contribution is 7.78. The lowest BCUT2D eigenvalue weighted by Gasteiger charge is -2.14. The molecular weight excluding hydrogens is 412 g/mol. The van der Waals surface area contributed by atoms with Crippen molar-refractivity contribution in [3.63, 3.8) is 0 Å². The number of amides is 1. The van der Waals surface area contributed by atoms with Crippen molar-refractivity contribution >= 4 is 41.9 Å². The van der Waals surface area contributed by atoms with Gasteiger partial charge >= 0.3 is 6.18 Å². The van der Waals surface area contributed by atoms with Crippen molar-refractivity contribution in [1.29, 1.82) is 0 Å². The zero-order chi connectivity index (χ0) is 19.1. The van der Waals surface area contributed by atoms with Crippen molar-refractivity contribution in [3.8, 4) is 11.5 Å². The number of aromatic nitrogens is 3. The van der Waals surface area contributed by atoms with Crippen LogP contribution in [0, 0.1) is 0 Å². The van der Waals surface area contributed by atoms with Gasteiger partial charge in [0.1, 0.15) is 11.5 Å². The van der Waals surface area contributed by atoms with E-state index < -0.39 is 17.6 Å². The molecule has 136 valence electrons. The van der Waals surface area contributed by atoms with E-state index in [1.54, 1.807) is 29.1 Å². The van der Waals surface area contributed by atoms with Crippen molar-refractivity contribution in [2.24, 2.45) is 0 Å². The van der Waals surface area contributed by atoms with Gasteiger partial charge in [-0.3, -0.25) is 9.52 Å². The number of rotatable bonds is 3. The van der Waals surface area contributed by atoms with E-state index in [4.69, 9.17) is 23.2 Å². The van der Waals surface area contributed by atoms with Gasteiger partial charge in [-0.1, -0.05) is 36.0 Å². The van der Waals surface area contributed by atoms with Crippen LogP contribution in [0.5, 0.6) is 0 Å². The molecule has 26 heavy (non-hydrogen) atoms. The van der Waals surface area contributed by atoms with E-state index in [0.717, 1.165) is 12.1 Å². The molecule has 0 saturated heterocycles. The van der Waals surface area contributed by atoms with Crippen LogP contribution in [0.15, 0.2) is 42.7 Å². The minimum absolute atomic E-state index is 0.0169. The van der Waals surface area contributed by atoms with Crippen LogP contribution in [0.2, 0.25) is 10.0 Å². The maximum atomic E-state index is 12.9. The highest BCUT2D eigenvalue weighted by Gasteiger charge is 2.32. The molecule has 3 rings (SSSR count). The number of benzene rings is 1. The molecule has 1 N–H and O–H groups in total. The summed E-state index contributed by atoms with van der Waals surface area (Å²) in [5, 5.41) is 3.58. The molecule has 0 atom stereocenters. The van der Waals surface area contributed by atoms with Crippen molar-refractivity contribution in [2.75, 3.05) is 0 Å². The van der Waals surface area contributed by atoms with Gasteiger partial charge in [-0.2, -0.15) is 18.3 Å². The number of nitrogens with one attached hydrogen (secondary N) is 1. The van der Waals surface area contributed by atoms with E-state index in [-0.39, 0.29) is 21.4 Å². The third-order valence-corrected chi connectivity index (χ3v) is 4.23. The van der Waals surface area contributed by atoms with Gasteiger partial charge in [0.15, 0.2) is 5.69 Å². The molecule has 0 saturated carbocycles. The van der Waals surface area contributed by atoms with Gasteiger partial charge in [0.2, 0.25) is 0 Å². The first-order chi connectivity index (χ1) is 12.2. The summed E-state index contributed by atoms with van der Waals surface area (Å²) in [6.07, 6.45) is -1.26. The Hall–Kier alpha value is -2.10. The second-order valence-electron chi connectivity index (χ2n) is 5.12. The number of carbonyl (C=O) groups is 1. The smallest absolute Gasteiger partial charge is 0.309 e. The first-order valence-corrected chi connectivity index (χ1v) is 8.17. The molecule has 2 aromatic heterocycles. The van der Waals surface area contributed by atoms with Gasteiger partial charge < -0.3 is 4.57 Å². The number of hydrogen-bond acceptors (Lipinski definition) is 3. The molecule has 3 aromatic rings. The highest BCUT2D eigenvalue weighted by Crippen LogP contribution is 2.38. The van der Waals surface area contributed by atoms with E-state index in [1.165, 1.54) is 10.7 Å². The summed E-state index contributed by atoms with van der Waals surface area (Å²) in [5.41, 5.74) is -0.988. The molecular formula is C15H9Cl2F3N4OS. The van der Waals surface area contributed by atoms with Crippen LogP contribution in [-0.2, 0) is 6.18 Å². The van der Waals surface area contributed by atoms with E-state index in [0.29, 0.717) is 5.82 Å². The first kappa shape index (κ1) is 18.7. The van der Waals surface area contributed by atoms with Crippen LogP contribution in [0.1, 0.15) is 16.1 Å². The van der Waals surface area contributed by atoms with E-state index in [1.807, 2.05) is 0 Å². The predicted octanol–water partition coefficient (Wildman–Crippen LogP) is 4.56. The number of carbonyl (C=O) groups excluding carboxylic acids is 1. The van der Waals surface area contributed by atoms with Crippen molar-refractivity contribution < 1.29 is 18.0 Å². The van der Waals surface area contributed by atoms with Crippen molar-refractivity contribution in [3.05, 3.63) is 64.0 Å². The standard InChI is InChI=1S/C15H9Cl2F3N4OS/c16-9-5-8(15(18,19)20)6-10(17)13(9)24-12(23-3-1-2-4-23)7-11(21-24)14(25)22-26/h1-7,26H,(H,22,25). The Kier molecular flexibility index (Phi) is 4.96. The lowest BCUT2D eigenvalue weighted by Crippen LogP contribution is -2.14. The molecule has 0 spiro atoms. The Labute approximate surface area is 160 Å². The minimum atomic E-state index is -4.60. The van der Waals surface area contributed by atoms with Gasteiger partial charge in [-0.05, 0) is 24.3 Å². The maximum Gasteiger partial charge on any atom is 0.416 e. The summed E-state index contributed by atoms with van der Waals surface area (Å²) in [6, 6.07) is 6.39. The molecule has 0 bridgehead atoms. The van der Waals surface area contributed by atoms with Crippen LogP contribution >= 0.6 is 36.0 Å². The van der Waals surface area contributed by atoms with Gasteiger partial charge in [-0.25, -0.2) is 4.68 Å². The molecule has 0 aliphatic rings. The van der Waals surface area contributed by atoms with Gasteiger partial charge in [0.25, 0.3) is 5.91 Å². The second-order valence-corrected chi connectivity index (χ2v) is 6.16. The average molecular weight is 421 g/mol. The van der Waals surface area contributed by atoms with Crippen LogP contribution in [0.4, 0.5) is 13.2 Å². The molecule has 1 amide bonds. The fourth-order valence-electron chi connectivity index (χ4n) is 2.31. The van der Waals surface area contributed by atoms with Crippen LogP contribution in [0.3, 0.4) is 0 Å². The van der Waals surface area contributed by atoms with Crippen LogP contribution in [-0.4, -0.2) is 20.3 Å². The summed E-state index contributed by atoms with van der Waals surface area (Å²) in [4.78, 5) is 11.8. The molecule has 5 nitrogen and oxygen atoms in total. The molecule has 0 radical (unpaired) electrons. The molecule has 1 aromatic carbocycles. The second kappa shape index (κ2) is 6.90. The molecule has 0 unspecified atom stereocenters. The van der Waals surface area contributed by atoms with Gasteiger partial charge in [0.05, 0.1) is 15.6 Å². The fraction of sp³-hybridized carbons (Fsp3) is 0.0667. The Balaban J connectivity index is 2.24. The Morgan fingerprint density at radius 2 is 1.69 bits per heavy atom. The zero-order valence-corrected chi connectivity index (χ0v) is 15.0. The van der Waals surface area contributed by atoms with Crippen molar-refractivity contribution in [2.45, 2.75) is 6.18 Å². The quantitative estimate of drug-likeness (QED) is 0.610. The summed E-state index contributed by atoms with van der Waals surface area (Å²) < 4.78 is 43.7. The number of alkyl halides is 3. The summed E-state index contributed by atoms with van der Waals surface area (Å²) in [6.45, 7) is 0. The molecule has 0 aliphatic carbocycles. The normalized spacial score (nSPS) is 11.6. The lowest BCUT2D eigenvalue weighted by molar-refractivity contribution is -0.137. The summed E-state index contributed by atoms with van der Waals surface area (Å²) in [7, 11) is 0. The minimum Gasteiger partial charge on any atom is -0.309 e. The number of hydrogen-bond donors (Lipinski definition) is 2. The Bertz CT molecular complexity index is 947. The predicted molar refractivity (Wildman–Crippen MR) is 94.4 cm³/mol. The topological polar surface area (TPSA) is 51.9 Å². The average Bonchev–Trinajstić information content (AvgIpc) is 3.22. The van der Waals surface area contributed by atoms with Crippen LogP contribution < -0.4 is 4.72 Å². The third kappa shape index (κ3) is 3.42.